The lowest BCUT2D eigenvalue weighted by Crippen LogP contribution is -2.30. The maximum absolute atomic E-state index is 13.9. The van der Waals surface area contributed by atoms with Gasteiger partial charge in [0, 0.05) is 5.56 Å². The Bertz CT molecular complexity index is 1600. The molecule has 2 N–H and O–H groups in total. The van der Waals surface area contributed by atoms with Crippen LogP contribution in [0.3, 0.4) is 0 Å². The van der Waals surface area contributed by atoms with Crippen molar-refractivity contribution in [2.75, 3.05) is 4.90 Å². The molecule has 3 aromatic carbocycles. The molecule has 1 unspecified atom stereocenters. The van der Waals surface area contributed by atoms with E-state index in [1.807, 2.05) is 38.1 Å². The average molecular weight is 528 g/mol. The first-order valence-corrected chi connectivity index (χ1v) is 12.8. The molecule has 1 aliphatic heterocycles. The number of amides is 1. The van der Waals surface area contributed by atoms with E-state index < -0.39 is 23.5 Å². The van der Waals surface area contributed by atoms with Crippen LogP contribution in [0.15, 0.2) is 72.3 Å². The van der Waals surface area contributed by atoms with Gasteiger partial charge >= 0.3 is 5.91 Å². The quantitative estimate of drug-likeness (QED) is 0.178. The molecule has 0 bridgehead atoms. The predicted octanol–water partition coefficient (Wildman–Crippen LogP) is 6.41. The smallest absolute Gasteiger partial charge is 0.302 e. The van der Waals surface area contributed by atoms with Crippen LogP contribution in [-0.4, -0.2) is 32.9 Å². The Hall–Kier alpha value is -4.46. The van der Waals surface area contributed by atoms with Crippen molar-refractivity contribution in [2.45, 2.75) is 52.2 Å². The third-order valence-electron chi connectivity index (χ3n) is 6.70. The van der Waals surface area contributed by atoms with Gasteiger partial charge < -0.3 is 14.8 Å². The van der Waals surface area contributed by atoms with E-state index in [0.29, 0.717) is 27.9 Å². The number of carbonyl (C=O) groups is 2. The predicted molar refractivity (Wildman–Crippen MR) is 148 cm³/mol. The third kappa shape index (κ3) is 4.90. The van der Waals surface area contributed by atoms with Gasteiger partial charge in [0.25, 0.3) is 5.78 Å². The molecular weight excluding hydrogens is 497 g/mol. The number of carbonyl (C=O) groups excluding carboxylic acids is 2. The SMILES string of the molecule is CC(C)Oc1ccc(/C(O)=C2\C(=O)C(=O)N(c3nc4ccc(F)cc4[nH]3)C2c2ccc(C(C)(C)C)cc2)cc1. The molecule has 1 amide bonds. The molecular formula is C31H30FN3O4. The zero-order valence-corrected chi connectivity index (χ0v) is 22.4. The topological polar surface area (TPSA) is 95.5 Å². The Morgan fingerprint density at radius 3 is 2.31 bits per heavy atom. The van der Waals surface area contributed by atoms with Gasteiger partial charge in [-0.05, 0) is 72.9 Å². The highest BCUT2D eigenvalue weighted by Gasteiger charge is 2.48. The molecule has 2 heterocycles. The van der Waals surface area contributed by atoms with Crippen molar-refractivity contribution in [3.63, 3.8) is 0 Å². The van der Waals surface area contributed by atoms with Gasteiger partial charge in [0.1, 0.15) is 17.3 Å². The molecule has 0 aliphatic carbocycles. The molecule has 39 heavy (non-hydrogen) atoms. The summed E-state index contributed by atoms with van der Waals surface area (Å²) in [5, 5.41) is 11.4. The number of imidazole rings is 1. The molecule has 0 spiro atoms. The second-order valence-electron chi connectivity index (χ2n) is 11.0. The molecule has 200 valence electrons. The first-order valence-electron chi connectivity index (χ1n) is 12.8. The highest BCUT2D eigenvalue weighted by Crippen LogP contribution is 2.42. The Morgan fingerprint density at radius 1 is 1.03 bits per heavy atom. The average Bonchev–Trinajstić information content (AvgIpc) is 3.41. The van der Waals surface area contributed by atoms with Crippen LogP contribution >= 0.6 is 0 Å². The first-order chi connectivity index (χ1) is 18.4. The standard InChI is InChI=1S/C31H30FN3O4/c1-17(2)39-22-13-8-19(9-14-22)27(36)25-26(18-6-10-20(11-7-18)31(3,4)5)35(29(38)28(25)37)30-33-23-15-12-21(32)16-24(23)34-30/h6-17,26,36H,1-5H3,(H,33,34)/b27-25+. The lowest BCUT2D eigenvalue weighted by atomic mass is 9.85. The highest BCUT2D eigenvalue weighted by molar-refractivity contribution is 6.51. The van der Waals surface area contributed by atoms with Crippen LogP contribution in [0, 0.1) is 5.82 Å². The number of nitrogens with one attached hydrogen (secondary N) is 1. The number of hydrogen-bond acceptors (Lipinski definition) is 5. The number of aromatic nitrogens is 2. The molecule has 1 aromatic heterocycles. The van der Waals surface area contributed by atoms with Gasteiger partial charge in [-0.15, -0.1) is 0 Å². The summed E-state index contributed by atoms with van der Waals surface area (Å²) in [6, 6.07) is 17.4. The number of H-pyrrole nitrogens is 1. The minimum Gasteiger partial charge on any atom is -0.507 e. The van der Waals surface area contributed by atoms with Crippen LogP contribution in [0.5, 0.6) is 5.75 Å². The van der Waals surface area contributed by atoms with Gasteiger partial charge in [0.2, 0.25) is 5.95 Å². The molecule has 1 fully saturated rings. The summed E-state index contributed by atoms with van der Waals surface area (Å²) < 4.78 is 19.5. The monoisotopic (exact) mass is 527 g/mol. The van der Waals surface area contributed by atoms with Crippen molar-refractivity contribution in [3.05, 3.63) is 94.8 Å². The molecule has 0 radical (unpaired) electrons. The number of hydrogen-bond donors (Lipinski definition) is 2. The lowest BCUT2D eigenvalue weighted by molar-refractivity contribution is -0.132. The number of aliphatic hydroxyl groups is 1. The highest BCUT2D eigenvalue weighted by atomic mass is 19.1. The second kappa shape index (κ2) is 9.69. The van der Waals surface area contributed by atoms with Gasteiger partial charge in [-0.3, -0.25) is 14.5 Å². The van der Waals surface area contributed by atoms with Crippen molar-refractivity contribution in [3.8, 4) is 5.75 Å². The number of benzene rings is 3. The minimum absolute atomic E-state index is 0.0249. The molecule has 8 heteroatoms. The van der Waals surface area contributed by atoms with Crippen molar-refractivity contribution in [2.24, 2.45) is 0 Å². The normalized spacial score (nSPS) is 17.4. The van der Waals surface area contributed by atoms with E-state index in [2.05, 4.69) is 30.7 Å². The molecule has 0 saturated carbocycles. The van der Waals surface area contributed by atoms with Gasteiger partial charge in [-0.1, -0.05) is 45.0 Å². The number of nitrogens with zero attached hydrogens (tertiary/aromatic N) is 2. The number of halogens is 1. The fraction of sp³-hybridized carbons (Fsp3) is 0.258. The fourth-order valence-electron chi connectivity index (χ4n) is 4.73. The van der Waals surface area contributed by atoms with Gasteiger partial charge in [0.05, 0.1) is 28.8 Å². The minimum atomic E-state index is -0.962. The lowest BCUT2D eigenvalue weighted by Gasteiger charge is -2.25. The van der Waals surface area contributed by atoms with Crippen molar-refractivity contribution in [1.29, 1.82) is 0 Å². The Labute approximate surface area is 225 Å². The number of ether oxygens (including phenoxy) is 1. The number of fused-ring (bicyclic) bond motifs is 1. The summed E-state index contributed by atoms with van der Waals surface area (Å²) in [5.41, 5.74) is 2.71. The van der Waals surface area contributed by atoms with Crippen LogP contribution in [-0.2, 0) is 15.0 Å². The van der Waals surface area contributed by atoms with Crippen LogP contribution in [0.25, 0.3) is 16.8 Å². The summed E-state index contributed by atoms with van der Waals surface area (Å²) in [6.07, 6.45) is -0.0249. The first kappa shape index (κ1) is 26.2. The van der Waals surface area contributed by atoms with Crippen LogP contribution in [0.1, 0.15) is 57.4 Å². The Morgan fingerprint density at radius 2 is 1.69 bits per heavy atom. The molecule has 7 nitrogen and oxygen atoms in total. The Balaban J connectivity index is 1.66. The van der Waals surface area contributed by atoms with E-state index in [1.54, 1.807) is 24.3 Å². The number of rotatable bonds is 5. The molecule has 4 aromatic rings. The largest absolute Gasteiger partial charge is 0.507 e. The molecule has 1 saturated heterocycles. The summed E-state index contributed by atoms with van der Waals surface area (Å²) in [6.45, 7) is 10.1. The molecule has 1 atom stereocenters. The van der Waals surface area contributed by atoms with Crippen LogP contribution in [0.2, 0.25) is 0 Å². The van der Waals surface area contributed by atoms with E-state index in [9.17, 15) is 19.1 Å². The summed E-state index contributed by atoms with van der Waals surface area (Å²) in [4.78, 5) is 35.6. The second-order valence-corrected chi connectivity index (χ2v) is 11.0. The number of aliphatic hydroxyl groups excluding tert-OH is 1. The summed E-state index contributed by atoms with van der Waals surface area (Å²) in [7, 11) is 0. The van der Waals surface area contributed by atoms with E-state index in [0.717, 1.165) is 5.56 Å². The fourth-order valence-corrected chi connectivity index (χ4v) is 4.73. The summed E-state index contributed by atoms with van der Waals surface area (Å²) >= 11 is 0. The Kier molecular flexibility index (Phi) is 6.50. The number of Topliss-reactive ketones (excluding diaryl/α,β-unsaturated/α-hetero) is 1. The number of anilines is 1. The van der Waals surface area contributed by atoms with E-state index in [4.69, 9.17) is 4.74 Å². The van der Waals surface area contributed by atoms with Crippen molar-refractivity contribution >= 4 is 34.4 Å². The van der Waals surface area contributed by atoms with Crippen molar-refractivity contribution < 1.29 is 23.8 Å². The number of aromatic amines is 1. The van der Waals surface area contributed by atoms with Gasteiger partial charge in [-0.25, -0.2) is 9.37 Å². The number of ketones is 1. The maximum atomic E-state index is 13.9. The molecule has 5 rings (SSSR count). The van der Waals surface area contributed by atoms with E-state index in [-0.39, 0.29) is 28.8 Å². The maximum Gasteiger partial charge on any atom is 0.302 e. The van der Waals surface area contributed by atoms with Crippen LogP contribution in [0.4, 0.5) is 10.3 Å². The van der Waals surface area contributed by atoms with E-state index >= 15 is 0 Å². The van der Waals surface area contributed by atoms with Crippen LogP contribution < -0.4 is 9.64 Å². The third-order valence-corrected chi connectivity index (χ3v) is 6.70. The van der Waals surface area contributed by atoms with Gasteiger partial charge in [0.15, 0.2) is 0 Å². The van der Waals surface area contributed by atoms with Gasteiger partial charge in [-0.2, -0.15) is 0 Å². The summed E-state index contributed by atoms with van der Waals surface area (Å²) in [5.74, 6) is -1.75. The zero-order valence-electron chi connectivity index (χ0n) is 22.4. The molecule has 1 aliphatic rings. The zero-order chi connectivity index (χ0) is 28.1. The van der Waals surface area contributed by atoms with E-state index in [1.165, 1.54) is 23.1 Å². The van der Waals surface area contributed by atoms with Crippen molar-refractivity contribution in [1.82, 2.24) is 9.97 Å².